The highest BCUT2D eigenvalue weighted by atomic mass is 16.2. The predicted molar refractivity (Wildman–Crippen MR) is 85.0 cm³/mol. The number of hydrogen-bond acceptors (Lipinski definition) is 2. The highest BCUT2D eigenvalue weighted by molar-refractivity contribution is 5.99. The van der Waals surface area contributed by atoms with Gasteiger partial charge in [-0.05, 0) is 23.3 Å². The third-order valence-electron chi connectivity index (χ3n) is 4.95. The number of hydrogen-bond donors (Lipinski definition) is 0. The number of benzene rings is 2. The molecular formula is C18H18N2O. The minimum absolute atomic E-state index is 0.193. The lowest BCUT2D eigenvalue weighted by molar-refractivity contribution is -0.119. The number of carbonyl (C=O) groups is 1. The molecule has 106 valence electrons. The summed E-state index contributed by atoms with van der Waals surface area (Å²) in [5, 5.41) is 0. The molecule has 2 aromatic carbocycles. The third-order valence-corrected chi connectivity index (χ3v) is 4.95. The number of amides is 1. The van der Waals surface area contributed by atoms with Gasteiger partial charge in [-0.15, -0.1) is 0 Å². The van der Waals surface area contributed by atoms with E-state index in [9.17, 15) is 4.79 Å². The molecule has 1 atom stereocenters. The molecule has 1 unspecified atom stereocenters. The van der Waals surface area contributed by atoms with Gasteiger partial charge in [0, 0.05) is 38.4 Å². The Morgan fingerprint density at radius 2 is 1.48 bits per heavy atom. The van der Waals surface area contributed by atoms with Crippen LogP contribution in [0.15, 0.2) is 48.5 Å². The van der Waals surface area contributed by atoms with Crippen LogP contribution in [-0.4, -0.2) is 26.5 Å². The molecule has 21 heavy (non-hydrogen) atoms. The molecule has 2 aliphatic rings. The molecule has 3 nitrogen and oxygen atoms in total. The zero-order chi connectivity index (χ0) is 14.6. The Morgan fingerprint density at radius 1 is 0.905 bits per heavy atom. The van der Waals surface area contributed by atoms with E-state index in [0.29, 0.717) is 6.42 Å². The number of nitrogens with zero attached hydrogens (tertiary/aromatic N) is 2. The van der Waals surface area contributed by atoms with Gasteiger partial charge in [0.25, 0.3) is 0 Å². The van der Waals surface area contributed by atoms with Gasteiger partial charge >= 0.3 is 0 Å². The van der Waals surface area contributed by atoms with Gasteiger partial charge in [-0.1, -0.05) is 36.4 Å². The molecule has 4 rings (SSSR count). The predicted octanol–water partition coefficient (Wildman–Crippen LogP) is 2.79. The van der Waals surface area contributed by atoms with Crippen molar-refractivity contribution < 1.29 is 4.79 Å². The molecule has 0 fully saturated rings. The summed E-state index contributed by atoms with van der Waals surface area (Å²) in [6, 6.07) is 16.8. The zero-order valence-electron chi connectivity index (χ0n) is 12.3. The number of carbonyl (C=O) groups excluding carboxylic acids is 1. The highest BCUT2D eigenvalue weighted by Gasteiger charge is 2.49. The number of likely N-dealkylation sites (N-methyl/N-ethyl adjacent to an activating group) is 1. The summed E-state index contributed by atoms with van der Waals surface area (Å²) >= 11 is 0. The highest BCUT2D eigenvalue weighted by Crippen LogP contribution is 2.51. The maximum absolute atomic E-state index is 12.5. The number of anilines is 2. The van der Waals surface area contributed by atoms with Gasteiger partial charge in [-0.3, -0.25) is 4.79 Å². The van der Waals surface area contributed by atoms with Crippen LogP contribution in [0.5, 0.6) is 0 Å². The van der Waals surface area contributed by atoms with Gasteiger partial charge in [0.1, 0.15) is 0 Å². The lowest BCUT2D eigenvalue weighted by atomic mass is 9.70. The smallest absolute Gasteiger partial charge is 0.228 e. The minimum atomic E-state index is -0.203. The van der Waals surface area contributed by atoms with E-state index in [2.05, 4.69) is 54.4 Å². The van der Waals surface area contributed by atoms with Crippen LogP contribution in [0.2, 0.25) is 0 Å². The van der Waals surface area contributed by atoms with Crippen LogP contribution in [0.3, 0.4) is 0 Å². The molecule has 0 radical (unpaired) electrons. The van der Waals surface area contributed by atoms with Crippen molar-refractivity contribution in [1.29, 1.82) is 0 Å². The molecule has 0 N–H and O–H groups in total. The second-order valence-electron chi connectivity index (χ2n) is 6.10. The standard InChI is InChI=1S/C18H18N2O/c1-19-12-18(13-7-3-5-9-15(13)19)11-17(21)20(2)16-10-6-4-8-14(16)18/h3-10H,11-12H2,1-2H3. The summed E-state index contributed by atoms with van der Waals surface area (Å²) in [6.45, 7) is 0.864. The van der Waals surface area contributed by atoms with Crippen molar-refractivity contribution in [3.05, 3.63) is 59.7 Å². The van der Waals surface area contributed by atoms with E-state index in [-0.39, 0.29) is 11.3 Å². The molecule has 0 aliphatic carbocycles. The minimum Gasteiger partial charge on any atom is -0.373 e. The molecule has 0 bridgehead atoms. The first-order valence-electron chi connectivity index (χ1n) is 7.30. The van der Waals surface area contributed by atoms with Crippen LogP contribution in [-0.2, 0) is 10.2 Å². The fourth-order valence-electron chi connectivity index (χ4n) is 3.94. The molecule has 0 saturated heterocycles. The average Bonchev–Trinajstić information content (AvgIpc) is 2.79. The van der Waals surface area contributed by atoms with E-state index < -0.39 is 0 Å². The van der Waals surface area contributed by atoms with Crippen molar-refractivity contribution in [2.75, 3.05) is 30.4 Å². The molecule has 3 heteroatoms. The largest absolute Gasteiger partial charge is 0.373 e. The third kappa shape index (κ3) is 1.52. The van der Waals surface area contributed by atoms with Crippen molar-refractivity contribution in [3.8, 4) is 0 Å². The fraction of sp³-hybridized carbons (Fsp3) is 0.278. The first-order valence-corrected chi connectivity index (χ1v) is 7.30. The van der Waals surface area contributed by atoms with Gasteiger partial charge in [-0.25, -0.2) is 0 Å². The van der Waals surface area contributed by atoms with E-state index in [1.807, 2.05) is 13.1 Å². The van der Waals surface area contributed by atoms with E-state index in [4.69, 9.17) is 0 Å². The van der Waals surface area contributed by atoms with E-state index >= 15 is 0 Å². The maximum atomic E-state index is 12.5. The number of para-hydroxylation sites is 2. The first-order chi connectivity index (χ1) is 10.1. The fourth-order valence-corrected chi connectivity index (χ4v) is 3.94. The van der Waals surface area contributed by atoms with Gasteiger partial charge in [-0.2, -0.15) is 0 Å². The average molecular weight is 278 g/mol. The van der Waals surface area contributed by atoms with Crippen LogP contribution in [0.1, 0.15) is 17.5 Å². The number of fused-ring (bicyclic) bond motifs is 4. The van der Waals surface area contributed by atoms with Gasteiger partial charge < -0.3 is 9.80 Å². The summed E-state index contributed by atoms with van der Waals surface area (Å²) in [7, 11) is 3.98. The van der Waals surface area contributed by atoms with Gasteiger partial charge in [0.15, 0.2) is 0 Å². The monoisotopic (exact) mass is 278 g/mol. The lowest BCUT2D eigenvalue weighted by Crippen LogP contribution is -2.45. The summed E-state index contributed by atoms with van der Waals surface area (Å²) in [5.41, 5.74) is 4.62. The summed E-state index contributed by atoms with van der Waals surface area (Å²) in [5.74, 6) is 0.193. The van der Waals surface area contributed by atoms with Crippen molar-refractivity contribution >= 4 is 17.3 Å². The van der Waals surface area contributed by atoms with E-state index in [1.165, 1.54) is 16.8 Å². The Kier molecular flexibility index (Phi) is 2.43. The Hall–Kier alpha value is -2.29. The molecule has 0 saturated carbocycles. The summed E-state index contributed by atoms with van der Waals surface area (Å²) in [4.78, 5) is 16.6. The molecule has 1 amide bonds. The van der Waals surface area contributed by atoms with Crippen LogP contribution >= 0.6 is 0 Å². The molecular weight excluding hydrogens is 260 g/mol. The topological polar surface area (TPSA) is 23.6 Å². The van der Waals surface area contributed by atoms with Crippen LogP contribution in [0, 0.1) is 0 Å². The number of rotatable bonds is 0. The Balaban J connectivity index is 2.02. The quantitative estimate of drug-likeness (QED) is 0.740. The van der Waals surface area contributed by atoms with Crippen molar-refractivity contribution in [2.45, 2.75) is 11.8 Å². The van der Waals surface area contributed by atoms with E-state index in [0.717, 1.165) is 12.2 Å². The molecule has 2 heterocycles. The van der Waals surface area contributed by atoms with Gasteiger partial charge in [0.05, 0.1) is 5.41 Å². The van der Waals surface area contributed by atoms with Crippen molar-refractivity contribution in [1.82, 2.24) is 0 Å². The zero-order valence-corrected chi connectivity index (χ0v) is 12.3. The Bertz CT molecular complexity index is 740. The summed E-state index contributed by atoms with van der Waals surface area (Å²) < 4.78 is 0. The molecule has 2 aliphatic heterocycles. The molecule has 2 aromatic rings. The first kappa shape index (κ1) is 12.5. The SMILES string of the molecule is CN1CC2(CC(=O)N(C)c3ccccc32)c2ccccc21. The summed E-state index contributed by atoms with van der Waals surface area (Å²) in [6.07, 6.45) is 0.544. The lowest BCUT2D eigenvalue weighted by Gasteiger charge is -2.39. The van der Waals surface area contributed by atoms with Crippen LogP contribution < -0.4 is 9.80 Å². The normalized spacial score (nSPS) is 23.4. The maximum Gasteiger partial charge on any atom is 0.228 e. The van der Waals surface area contributed by atoms with Crippen LogP contribution in [0.4, 0.5) is 11.4 Å². The Labute approximate surface area is 124 Å². The van der Waals surface area contributed by atoms with Crippen molar-refractivity contribution in [3.63, 3.8) is 0 Å². The van der Waals surface area contributed by atoms with Crippen molar-refractivity contribution in [2.24, 2.45) is 0 Å². The van der Waals surface area contributed by atoms with E-state index in [1.54, 1.807) is 4.90 Å². The van der Waals surface area contributed by atoms with Crippen LogP contribution in [0.25, 0.3) is 0 Å². The van der Waals surface area contributed by atoms with Gasteiger partial charge in [0.2, 0.25) is 5.91 Å². The molecule has 0 aromatic heterocycles. The molecule has 1 spiro atoms. The second-order valence-corrected chi connectivity index (χ2v) is 6.10. The second kappa shape index (κ2) is 4.10. The Morgan fingerprint density at radius 3 is 2.19 bits per heavy atom.